The largest absolute Gasteiger partial charge is 1.00 e. The van der Waals surface area contributed by atoms with Crippen LogP contribution in [0.4, 0.5) is 0 Å². The number of methoxy groups -OCH3 is 1. The Labute approximate surface area is 102 Å². The number of rotatable bonds is 1. The summed E-state index contributed by atoms with van der Waals surface area (Å²) in [4.78, 5) is 1.49. The maximum Gasteiger partial charge on any atom is 0.160 e. The molecule has 2 N–H and O–H groups in total. The summed E-state index contributed by atoms with van der Waals surface area (Å²) in [6, 6.07) is 4.26. The summed E-state index contributed by atoms with van der Waals surface area (Å²) in [5.74, 6) is 0.832. The van der Waals surface area contributed by atoms with Crippen molar-refractivity contribution in [2.45, 2.75) is 19.4 Å². The van der Waals surface area contributed by atoms with Gasteiger partial charge in [0, 0.05) is 12.0 Å². The quantitative estimate of drug-likeness (QED) is 0.574. The van der Waals surface area contributed by atoms with Crippen molar-refractivity contribution in [1.29, 1.82) is 0 Å². The molecule has 0 aliphatic carbocycles. The molecule has 1 aromatic carbocycles. The molecule has 0 saturated carbocycles. The maximum absolute atomic E-state index is 9.74. The molecular weight excluding hydrogens is 226 g/mol. The summed E-state index contributed by atoms with van der Waals surface area (Å²) in [7, 11) is 3.78. The molecule has 3 nitrogen and oxygen atoms in total. The summed E-state index contributed by atoms with van der Waals surface area (Å²) in [6.07, 6.45) is 1.06. The fourth-order valence-electron chi connectivity index (χ4n) is 2.22. The Balaban J connectivity index is 0.00000128. The summed E-state index contributed by atoms with van der Waals surface area (Å²) >= 11 is 0. The number of phenolic OH excluding ortho intramolecular Hbond substituents is 1. The SMILES string of the molecule is COc1cc2c(cc1O)C(C)[NH+](C)CC2.[Cl-]. The van der Waals surface area contributed by atoms with Gasteiger partial charge < -0.3 is 27.2 Å². The van der Waals surface area contributed by atoms with Gasteiger partial charge in [-0.15, -0.1) is 0 Å². The van der Waals surface area contributed by atoms with E-state index in [1.54, 1.807) is 7.11 Å². The highest BCUT2D eigenvalue weighted by Crippen LogP contribution is 2.32. The minimum absolute atomic E-state index is 0. The van der Waals surface area contributed by atoms with Crippen LogP contribution in [0.15, 0.2) is 12.1 Å². The normalized spacial score (nSPS) is 23.2. The molecule has 16 heavy (non-hydrogen) atoms. The first kappa shape index (κ1) is 13.1. The highest BCUT2D eigenvalue weighted by Gasteiger charge is 2.25. The minimum Gasteiger partial charge on any atom is -1.00 e. The van der Waals surface area contributed by atoms with Crippen LogP contribution in [0.2, 0.25) is 0 Å². The molecule has 0 radical (unpaired) electrons. The first-order chi connectivity index (χ1) is 7.13. The Morgan fingerprint density at radius 3 is 2.75 bits per heavy atom. The standard InChI is InChI=1S/C12H17NO2.ClH/c1-8-10-7-11(14)12(15-3)6-9(10)4-5-13(8)2;/h6-8,14H,4-5H2,1-3H3;1H. The van der Waals surface area contributed by atoms with Gasteiger partial charge in [0.05, 0.1) is 20.7 Å². The lowest BCUT2D eigenvalue weighted by Crippen LogP contribution is -3.10. The topological polar surface area (TPSA) is 33.9 Å². The molecule has 4 heteroatoms. The molecule has 1 aromatic rings. The van der Waals surface area contributed by atoms with Crippen molar-refractivity contribution in [3.8, 4) is 11.5 Å². The van der Waals surface area contributed by atoms with Crippen LogP contribution in [0.5, 0.6) is 11.5 Å². The van der Waals surface area contributed by atoms with Crippen LogP contribution in [-0.2, 0) is 6.42 Å². The first-order valence-electron chi connectivity index (χ1n) is 5.35. The molecule has 0 fully saturated rings. The minimum atomic E-state index is 0. The second-order valence-electron chi connectivity index (χ2n) is 4.29. The molecule has 0 spiro atoms. The Hall–Kier alpha value is -0.930. The zero-order valence-corrected chi connectivity index (χ0v) is 10.6. The Kier molecular flexibility index (Phi) is 4.05. The van der Waals surface area contributed by atoms with Gasteiger partial charge in [-0.2, -0.15) is 0 Å². The molecule has 1 aliphatic rings. The number of aromatic hydroxyl groups is 1. The van der Waals surface area contributed by atoms with E-state index in [1.165, 1.54) is 16.0 Å². The smallest absolute Gasteiger partial charge is 0.160 e. The van der Waals surface area contributed by atoms with Crippen LogP contribution in [0.3, 0.4) is 0 Å². The number of likely N-dealkylation sites (N-methyl/N-ethyl adjacent to an activating group) is 1. The second-order valence-corrected chi connectivity index (χ2v) is 4.29. The van der Waals surface area contributed by atoms with Crippen molar-refractivity contribution >= 4 is 0 Å². The van der Waals surface area contributed by atoms with Crippen molar-refractivity contribution in [3.05, 3.63) is 23.3 Å². The third-order valence-electron chi connectivity index (χ3n) is 3.44. The van der Waals surface area contributed by atoms with Gasteiger partial charge in [0.25, 0.3) is 0 Å². The molecule has 2 unspecified atom stereocenters. The number of phenols is 1. The van der Waals surface area contributed by atoms with E-state index in [4.69, 9.17) is 4.74 Å². The van der Waals surface area contributed by atoms with E-state index in [2.05, 4.69) is 14.0 Å². The average Bonchev–Trinajstić information content (AvgIpc) is 2.24. The number of quaternary nitrogens is 1. The summed E-state index contributed by atoms with van der Waals surface area (Å²) in [5, 5.41) is 9.74. The third kappa shape index (κ3) is 2.11. The molecule has 0 amide bonds. The van der Waals surface area contributed by atoms with Gasteiger partial charge in [0.2, 0.25) is 0 Å². The number of fused-ring (bicyclic) bond motifs is 1. The fraction of sp³-hybridized carbons (Fsp3) is 0.500. The number of benzene rings is 1. The van der Waals surface area contributed by atoms with Gasteiger partial charge in [0.1, 0.15) is 6.04 Å². The summed E-state index contributed by atoms with van der Waals surface area (Å²) in [5.41, 5.74) is 2.56. The Bertz CT molecular complexity index is 382. The lowest BCUT2D eigenvalue weighted by molar-refractivity contribution is -0.912. The van der Waals surface area contributed by atoms with Gasteiger partial charge >= 0.3 is 0 Å². The Morgan fingerprint density at radius 2 is 2.12 bits per heavy atom. The summed E-state index contributed by atoms with van der Waals surface area (Å²) < 4.78 is 5.12. The molecule has 1 heterocycles. The van der Waals surface area contributed by atoms with Gasteiger partial charge in [-0.25, -0.2) is 0 Å². The van der Waals surface area contributed by atoms with Gasteiger partial charge in [0.15, 0.2) is 11.5 Å². The lowest BCUT2D eigenvalue weighted by Gasteiger charge is -2.29. The molecule has 1 aliphatic heterocycles. The van der Waals surface area contributed by atoms with Gasteiger partial charge in [-0.05, 0) is 24.6 Å². The van der Waals surface area contributed by atoms with E-state index >= 15 is 0 Å². The summed E-state index contributed by atoms with van der Waals surface area (Å²) in [6.45, 7) is 3.33. The monoisotopic (exact) mass is 243 g/mol. The van der Waals surface area contributed by atoms with E-state index in [-0.39, 0.29) is 18.2 Å². The van der Waals surface area contributed by atoms with Gasteiger partial charge in [-0.3, -0.25) is 0 Å². The van der Waals surface area contributed by atoms with Crippen molar-refractivity contribution in [1.82, 2.24) is 0 Å². The van der Waals surface area contributed by atoms with Crippen LogP contribution in [0, 0.1) is 0 Å². The van der Waals surface area contributed by atoms with E-state index in [1.807, 2.05) is 12.1 Å². The van der Waals surface area contributed by atoms with Crippen molar-refractivity contribution < 1.29 is 27.2 Å². The number of hydrogen-bond acceptors (Lipinski definition) is 2. The van der Waals surface area contributed by atoms with E-state index in [0.29, 0.717) is 11.8 Å². The van der Waals surface area contributed by atoms with Crippen LogP contribution >= 0.6 is 0 Å². The first-order valence-corrected chi connectivity index (χ1v) is 5.35. The average molecular weight is 244 g/mol. The molecule has 90 valence electrons. The van der Waals surface area contributed by atoms with Crippen LogP contribution in [0.25, 0.3) is 0 Å². The number of ether oxygens (including phenoxy) is 1. The van der Waals surface area contributed by atoms with Crippen molar-refractivity contribution in [3.63, 3.8) is 0 Å². The fourth-order valence-corrected chi connectivity index (χ4v) is 2.22. The third-order valence-corrected chi connectivity index (χ3v) is 3.44. The number of hydrogen-bond donors (Lipinski definition) is 2. The van der Waals surface area contributed by atoms with Crippen molar-refractivity contribution in [2.75, 3.05) is 20.7 Å². The second kappa shape index (κ2) is 4.93. The molecule has 2 rings (SSSR count). The molecular formula is C12H18ClNO2. The van der Waals surface area contributed by atoms with Crippen LogP contribution in [0.1, 0.15) is 24.1 Å². The van der Waals surface area contributed by atoms with Crippen LogP contribution < -0.4 is 22.0 Å². The van der Waals surface area contributed by atoms with Crippen molar-refractivity contribution in [2.24, 2.45) is 0 Å². The zero-order valence-electron chi connectivity index (χ0n) is 9.88. The van der Waals surface area contributed by atoms with Crippen LogP contribution in [-0.4, -0.2) is 25.8 Å². The molecule has 2 atom stereocenters. The Morgan fingerprint density at radius 1 is 1.44 bits per heavy atom. The number of halogens is 1. The predicted molar refractivity (Wildman–Crippen MR) is 58.5 cm³/mol. The van der Waals surface area contributed by atoms with E-state index in [9.17, 15) is 5.11 Å². The maximum atomic E-state index is 9.74. The van der Waals surface area contributed by atoms with Gasteiger partial charge in [-0.1, -0.05) is 0 Å². The predicted octanol–water partition coefficient (Wildman–Crippen LogP) is -2.46. The van der Waals surface area contributed by atoms with E-state index in [0.717, 1.165) is 13.0 Å². The number of nitrogens with one attached hydrogen (secondary N) is 1. The molecule has 0 bridgehead atoms. The van der Waals surface area contributed by atoms with E-state index < -0.39 is 0 Å². The molecule has 0 aromatic heterocycles. The highest BCUT2D eigenvalue weighted by atomic mass is 35.5. The lowest BCUT2D eigenvalue weighted by atomic mass is 9.93. The highest BCUT2D eigenvalue weighted by molar-refractivity contribution is 5.47. The molecule has 0 saturated heterocycles. The zero-order chi connectivity index (χ0) is 11.0.